The summed E-state index contributed by atoms with van der Waals surface area (Å²) in [6.45, 7) is 2.15. The second-order valence-corrected chi connectivity index (χ2v) is 6.05. The second-order valence-electron chi connectivity index (χ2n) is 6.05. The Morgan fingerprint density at radius 2 is 2.24 bits per heavy atom. The van der Waals surface area contributed by atoms with Gasteiger partial charge in [-0.1, -0.05) is 19.1 Å². The predicted octanol–water partition coefficient (Wildman–Crippen LogP) is 1.90. The Balaban J connectivity index is 2.03. The molecular formula is C16H22N4O. The lowest BCUT2D eigenvalue weighted by molar-refractivity contribution is -0.123. The maximum atomic E-state index is 11.6. The zero-order valence-corrected chi connectivity index (χ0v) is 12.4. The van der Waals surface area contributed by atoms with Gasteiger partial charge in [0.15, 0.2) is 0 Å². The Bertz CT molecular complexity index is 678. The number of hydrogen-bond acceptors (Lipinski definition) is 3. The number of imidazole rings is 1. The number of aromatic nitrogens is 2. The van der Waals surface area contributed by atoms with Gasteiger partial charge in [-0.3, -0.25) is 4.79 Å². The van der Waals surface area contributed by atoms with E-state index in [0.29, 0.717) is 12.8 Å². The van der Waals surface area contributed by atoms with Crippen molar-refractivity contribution in [1.29, 1.82) is 0 Å². The highest BCUT2D eigenvalue weighted by Gasteiger charge is 2.42. The summed E-state index contributed by atoms with van der Waals surface area (Å²) in [4.78, 5) is 16.3. The summed E-state index contributed by atoms with van der Waals surface area (Å²) in [5, 5.41) is 0. The van der Waals surface area contributed by atoms with Crippen LogP contribution in [0.15, 0.2) is 24.3 Å². The summed E-state index contributed by atoms with van der Waals surface area (Å²) in [7, 11) is 0. The third-order valence-corrected chi connectivity index (χ3v) is 4.52. The van der Waals surface area contributed by atoms with E-state index in [1.807, 2.05) is 18.2 Å². The normalized spacial score (nSPS) is 25.5. The molecule has 1 aliphatic carbocycles. The molecule has 3 rings (SSSR count). The molecule has 0 bridgehead atoms. The Labute approximate surface area is 124 Å². The van der Waals surface area contributed by atoms with Crippen LogP contribution in [0, 0.1) is 0 Å². The average Bonchev–Trinajstić information content (AvgIpc) is 3.00. The maximum Gasteiger partial charge on any atom is 0.237 e. The first-order chi connectivity index (χ1) is 10.0. The average molecular weight is 286 g/mol. The smallest absolute Gasteiger partial charge is 0.237 e. The Morgan fingerprint density at radius 1 is 1.48 bits per heavy atom. The van der Waals surface area contributed by atoms with Crippen LogP contribution in [0.5, 0.6) is 0 Å². The van der Waals surface area contributed by atoms with Crippen molar-refractivity contribution in [2.24, 2.45) is 11.5 Å². The van der Waals surface area contributed by atoms with E-state index >= 15 is 0 Å². The monoisotopic (exact) mass is 286 g/mol. The molecule has 1 saturated carbocycles. The van der Waals surface area contributed by atoms with Crippen molar-refractivity contribution in [3.8, 4) is 0 Å². The van der Waals surface area contributed by atoms with Crippen LogP contribution in [0.25, 0.3) is 11.0 Å². The quantitative estimate of drug-likeness (QED) is 0.899. The number of amides is 1. The Morgan fingerprint density at radius 3 is 2.90 bits per heavy atom. The van der Waals surface area contributed by atoms with Crippen molar-refractivity contribution in [3.63, 3.8) is 0 Å². The lowest BCUT2D eigenvalue weighted by Crippen LogP contribution is -2.49. The van der Waals surface area contributed by atoms with Crippen molar-refractivity contribution in [2.75, 3.05) is 0 Å². The van der Waals surface area contributed by atoms with E-state index in [-0.39, 0.29) is 6.04 Å². The summed E-state index contributed by atoms with van der Waals surface area (Å²) >= 11 is 0. The van der Waals surface area contributed by atoms with E-state index in [2.05, 4.69) is 17.6 Å². The van der Waals surface area contributed by atoms with Gasteiger partial charge < -0.3 is 16.0 Å². The molecule has 1 aromatic heterocycles. The minimum atomic E-state index is -0.875. The minimum absolute atomic E-state index is 0.205. The van der Waals surface area contributed by atoms with Crippen LogP contribution in [-0.2, 0) is 11.2 Å². The van der Waals surface area contributed by atoms with E-state index in [0.717, 1.165) is 36.1 Å². The van der Waals surface area contributed by atoms with Gasteiger partial charge in [-0.05, 0) is 37.8 Å². The zero-order valence-electron chi connectivity index (χ0n) is 12.4. The molecule has 0 saturated heterocycles. The summed E-state index contributed by atoms with van der Waals surface area (Å²) in [6.07, 6.45) is 4.08. The molecule has 0 spiro atoms. The fraction of sp³-hybridized carbons (Fsp3) is 0.500. The third-order valence-electron chi connectivity index (χ3n) is 4.52. The van der Waals surface area contributed by atoms with Gasteiger partial charge >= 0.3 is 0 Å². The zero-order chi connectivity index (χ0) is 15.0. The Kier molecular flexibility index (Phi) is 3.45. The first-order valence-corrected chi connectivity index (χ1v) is 7.60. The molecule has 1 amide bonds. The number of fused-ring (bicyclic) bond motifs is 1. The lowest BCUT2D eigenvalue weighted by Gasteiger charge is -2.21. The van der Waals surface area contributed by atoms with E-state index in [9.17, 15) is 4.79 Å². The summed E-state index contributed by atoms with van der Waals surface area (Å²) in [6, 6.07) is 8.35. The van der Waals surface area contributed by atoms with Gasteiger partial charge in [-0.25, -0.2) is 4.98 Å². The van der Waals surface area contributed by atoms with E-state index in [1.165, 1.54) is 0 Å². The molecule has 0 aliphatic heterocycles. The molecule has 5 nitrogen and oxygen atoms in total. The molecule has 4 N–H and O–H groups in total. The highest BCUT2D eigenvalue weighted by atomic mass is 16.1. The summed E-state index contributed by atoms with van der Waals surface area (Å²) in [5.74, 6) is 0.684. The molecule has 112 valence electrons. The van der Waals surface area contributed by atoms with Crippen LogP contribution in [0.4, 0.5) is 0 Å². The molecule has 1 heterocycles. The van der Waals surface area contributed by atoms with Crippen LogP contribution in [0.3, 0.4) is 0 Å². The summed E-state index contributed by atoms with van der Waals surface area (Å²) < 4.78 is 2.27. The second kappa shape index (κ2) is 5.15. The predicted molar refractivity (Wildman–Crippen MR) is 82.7 cm³/mol. The van der Waals surface area contributed by atoms with Crippen molar-refractivity contribution in [1.82, 2.24) is 9.55 Å². The van der Waals surface area contributed by atoms with Crippen molar-refractivity contribution in [3.05, 3.63) is 30.1 Å². The van der Waals surface area contributed by atoms with Gasteiger partial charge in [-0.2, -0.15) is 0 Å². The number of rotatable bonds is 4. The number of carbonyl (C=O) groups is 1. The first-order valence-electron chi connectivity index (χ1n) is 7.60. The van der Waals surface area contributed by atoms with Gasteiger partial charge in [0.25, 0.3) is 0 Å². The van der Waals surface area contributed by atoms with Crippen LogP contribution < -0.4 is 11.5 Å². The molecule has 0 radical (unpaired) electrons. The number of para-hydroxylation sites is 2. The molecule has 1 aliphatic rings. The van der Waals surface area contributed by atoms with Crippen molar-refractivity contribution < 1.29 is 4.79 Å². The topological polar surface area (TPSA) is 86.9 Å². The van der Waals surface area contributed by atoms with Crippen molar-refractivity contribution in [2.45, 2.75) is 50.6 Å². The van der Waals surface area contributed by atoms with Gasteiger partial charge in [0.05, 0.1) is 16.6 Å². The molecule has 2 aromatic rings. The van der Waals surface area contributed by atoms with E-state index in [1.54, 1.807) is 0 Å². The minimum Gasteiger partial charge on any atom is -0.368 e. The fourth-order valence-electron chi connectivity index (χ4n) is 3.39. The number of benzene rings is 1. The van der Waals surface area contributed by atoms with Gasteiger partial charge in [0.1, 0.15) is 5.82 Å². The maximum absolute atomic E-state index is 11.6. The summed E-state index contributed by atoms with van der Waals surface area (Å²) in [5.41, 5.74) is 12.9. The van der Waals surface area contributed by atoms with Gasteiger partial charge in [0, 0.05) is 12.5 Å². The highest BCUT2D eigenvalue weighted by molar-refractivity contribution is 5.85. The molecule has 5 heteroatoms. The van der Waals surface area contributed by atoms with Crippen LogP contribution in [0.1, 0.15) is 44.5 Å². The number of aryl methyl sites for hydroxylation is 1. The van der Waals surface area contributed by atoms with Crippen molar-refractivity contribution >= 4 is 16.9 Å². The Hall–Kier alpha value is -1.88. The lowest BCUT2D eigenvalue weighted by atomic mass is 9.98. The number of nitrogens with two attached hydrogens (primary N) is 2. The fourth-order valence-corrected chi connectivity index (χ4v) is 3.39. The number of primary amides is 1. The number of carbonyl (C=O) groups excluding carboxylic acids is 1. The van der Waals surface area contributed by atoms with E-state index in [4.69, 9.17) is 16.5 Å². The molecular weight excluding hydrogens is 264 g/mol. The van der Waals surface area contributed by atoms with Gasteiger partial charge in [0.2, 0.25) is 5.91 Å². The van der Waals surface area contributed by atoms with Crippen LogP contribution >= 0.6 is 0 Å². The number of nitrogens with zero attached hydrogens (tertiary/aromatic N) is 2. The first kappa shape index (κ1) is 14.1. The molecule has 1 aromatic carbocycles. The largest absolute Gasteiger partial charge is 0.368 e. The van der Waals surface area contributed by atoms with E-state index < -0.39 is 11.4 Å². The van der Waals surface area contributed by atoms with Gasteiger partial charge in [-0.15, -0.1) is 0 Å². The standard InChI is InChI=1S/C16H22N4O/c1-2-5-14-19-12-6-3-4-7-13(12)20(14)11-8-9-16(18,10-11)15(17)21/h3-4,6-7,11H,2,5,8-10,18H2,1H3,(H2,17,21). The SMILES string of the molecule is CCCc1nc2ccccc2n1C1CCC(N)(C(N)=O)C1. The molecule has 21 heavy (non-hydrogen) atoms. The highest BCUT2D eigenvalue weighted by Crippen LogP contribution is 2.38. The molecule has 2 unspecified atom stereocenters. The molecule has 2 atom stereocenters. The molecule has 1 fully saturated rings. The number of hydrogen-bond donors (Lipinski definition) is 2. The van der Waals surface area contributed by atoms with Crippen LogP contribution in [0.2, 0.25) is 0 Å². The third kappa shape index (κ3) is 2.31. The van der Waals surface area contributed by atoms with Crippen LogP contribution in [-0.4, -0.2) is 21.0 Å².